The number of carbonyl (C=O) groups is 1. The van der Waals surface area contributed by atoms with E-state index in [1.54, 1.807) is 12.2 Å². The van der Waals surface area contributed by atoms with Gasteiger partial charge in [0.15, 0.2) is 0 Å². The Kier molecular flexibility index (Phi) is 4.34. The highest BCUT2D eigenvalue weighted by Crippen LogP contribution is 2.13. The van der Waals surface area contributed by atoms with E-state index >= 15 is 0 Å². The first-order valence-electron chi connectivity index (χ1n) is 5.64. The molecular formula is C13H14BrNO2. The third-order valence-corrected chi connectivity index (χ3v) is 3.01. The number of amides is 1. The van der Waals surface area contributed by atoms with Crippen LogP contribution < -0.4 is 0 Å². The van der Waals surface area contributed by atoms with Crippen LogP contribution >= 0.6 is 15.9 Å². The molecule has 1 heterocycles. The molecule has 1 saturated heterocycles. The van der Waals surface area contributed by atoms with Crippen molar-refractivity contribution in [2.45, 2.75) is 12.8 Å². The van der Waals surface area contributed by atoms with Crippen LogP contribution in [0.25, 0.3) is 6.08 Å². The summed E-state index contributed by atoms with van der Waals surface area (Å²) in [6.45, 7) is 1.32. The number of hydrogen-bond donors (Lipinski definition) is 0. The van der Waals surface area contributed by atoms with Gasteiger partial charge in [0.25, 0.3) is 5.91 Å². The third-order valence-electron chi connectivity index (χ3n) is 2.52. The summed E-state index contributed by atoms with van der Waals surface area (Å²) in [6, 6.07) is 7.80. The maximum absolute atomic E-state index is 11.8. The maximum atomic E-state index is 11.8. The molecule has 0 unspecified atom stereocenters. The number of hydroxylamine groups is 2. The molecule has 90 valence electrons. The molecule has 0 spiro atoms. The van der Waals surface area contributed by atoms with Crippen molar-refractivity contribution >= 4 is 27.9 Å². The summed E-state index contributed by atoms with van der Waals surface area (Å²) in [5.74, 6) is -0.0929. The van der Waals surface area contributed by atoms with Gasteiger partial charge in [0.2, 0.25) is 0 Å². The summed E-state index contributed by atoms with van der Waals surface area (Å²) in [7, 11) is 0. The molecule has 4 heteroatoms. The van der Waals surface area contributed by atoms with E-state index in [0.29, 0.717) is 13.2 Å². The Bertz CT molecular complexity index is 425. The second-order valence-electron chi connectivity index (χ2n) is 3.87. The van der Waals surface area contributed by atoms with Gasteiger partial charge in [0.05, 0.1) is 6.61 Å². The van der Waals surface area contributed by atoms with E-state index in [2.05, 4.69) is 15.9 Å². The zero-order valence-electron chi connectivity index (χ0n) is 9.43. The van der Waals surface area contributed by atoms with Crippen LogP contribution in [0.1, 0.15) is 18.4 Å². The Labute approximate surface area is 109 Å². The minimum Gasteiger partial charge on any atom is -0.271 e. The van der Waals surface area contributed by atoms with Crippen molar-refractivity contribution in [3.8, 4) is 0 Å². The Hall–Kier alpha value is -1.13. The molecule has 0 bridgehead atoms. The lowest BCUT2D eigenvalue weighted by Gasteiger charge is -2.24. The van der Waals surface area contributed by atoms with Crippen molar-refractivity contribution in [1.29, 1.82) is 0 Å². The van der Waals surface area contributed by atoms with Gasteiger partial charge in [0.1, 0.15) is 0 Å². The van der Waals surface area contributed by atoms with Crippen LogP contribution in [0, 0.1) is 0 Å². The zero-order chi connectivity index (χ0) is 12.1. The first kappa shape index (κ1) is 12.3. The molecule has 0 N–H and O–H groups in total. The molecule has 1 fully saturated rings. The second kappa shape index (κ2) is 5.98. The van der Waals surface area contributed by atoms with Gasteiger partial charge in [-0.1, -0.05) is 28.1 Å². The SMILES string of the molecule is O=C(/C=C/c1cccc(Br)c1)N1CCCCO1. The molecule has 0 atom stereocenters. The quantitative estimate of drug-likeness (QED) is 0.785. The Morgan fingerprint density at radius 2 is 2.29 bits per heavy atom. The molecule has 1 aromatic rings. The molecule has 1 amide bonds. The third kappa shape index (κ3) is 3.68. The smallest absolute Gasteiger partial charge is 0.270 e. The molecule has 17 heavy (non-hydrogen) atoms. The van der Waals surface area contributed by atoms with Crippen LogP contribution in [0.5, 0.6) is 0 Å². The van der Waals surface area contributed by atoms with Gasteiger partial charge >= 0.3 is 0 Å². The van der Waals surface area contributed by atoms with Crippen LogP contribution in [-0.4, -0.2) is 24.1 Å². The van der Waals surface area contributed by atoms with Gasteiger partial charge in [-0.25, -0.2) is 5.06 Å². The highest BCUT2D eigenvalue weighted by molar-refractivity contribution is 9.10. The summed E-state index contributed by atoms with van der Waals surface area (Å²) in [5.41, 5.74) is 0.990. The summed E-state index contributed by atoms with van der Waals surface area (Å²) >= 11 is 3.39. The van der Waals surface area contributed by atoms with E-state index in [-0.39, 0.29) is 5.91 Å². The van der Waals surface area contributed by atoms with Crippen molar-refractivity contribution in [3.63, 3.8) is 0 Å². The molecule has 0 saturated carbocycles. The number of halogens is 1. The Morgan fingerprint density at radius 3 is 3.00 bits per heavy atom. The lowest BCUT2D eigenvalue weighted by molar-refractivity contribution is -0.191. The van der Waals surface area contributed by atoms with Crippen molar-refractivity contribution < 1.29 is 9.63 Å². The largest absolute Gasteiger partial charge is 0.271 e. The lowest BCUT2D eigenvalue weighted by Crippen LogP contribution is -2.34. The second-order valence-corrected chi connectivity index (χ2v) is 4.78. The van der Waals surface area contributed by atoms with Crippen molar-refractivity contribution in [3.05, 3.63) is 40.4 Å². The molecule has 1 aromatic carbocycles. The molecule has 0 aliphatic carbocycles. The van der Waals surface area contributed by atoms with Crippen LogP contribution in [0.3, 0.4) is 0 Å². The molecule has 0 radical (unpaired) electrons. The fourth-order valence-electron chi connectivity index (χ4n) is 1.63. The molecular weight excluding hydrogens is 282 g/mol. The van der Waals surface area contributed by atoms with E-state index in [1.807, 2.05) is 24.3 Å². The Morgan fingerprint density at radius 1 is 1.41 bits per heavy atom. The first-order chi connectivity index (χ1) is 8.25. The molecule has 3 nitrogen and oxygen atoms in total. The van der Waals surface area contributed by atoms with Crippen LogP contribution in [0.4, 0.5) is 0 Å². The monoisotopic (exact) mass is 295 g/mol. The first-order valence-corrected chi connectivity index (χ1v) is 6.43. The molecule has 0 aromatic heterocycles. The molecule has 1 aliphatic heterocycles. The standard InChI is InChI=1S/C13H14BrNO2/c14-12-5-3-4-11(10-12)6-7-13(16)15-8-1-2-9-17-15/h3-7,10H,1-2,8-9H2/b7-6+. The summed E-state index contributed by atoms with van der Waals surface area (Å²) in [4.78, 5) is 17.0. The van der Waals surface area contributed by atoms with E-state index in [4.69, 9.17) is 4.84 Å². The number of benzene rings is 1. The minimum atomic E-state index is -0.0929. The summed E-state index contributed by atoms with van der Waals surface area (Å²) in [5, 5.41) is 1.43. The number of nitrogens with zero attached hydrogens (tertiary/aromatic N) is 1. The topological polar surface area (TPSA) is 29.5 Å². The van der Waals surface area contributed by atoms with Crippen LogP contribution in [-0.2, 0) is 9.63 Å². The fourth-order valence-corrected chi connectivity index (χ4v) is 2.05. The Balaban J connectivity index is 1.97. The molecule has 1 aliphatic rings. The predicted octanol–water partition coefficient (Wildman–Crippen LogP) is 3.02. The highest BCUT2D eigenvalue weighted by atomic mass is 79.9. The van der Waals surface area contributed by atoms with Gasteiger partial charge < -0.3 is 0 Å². The van der Waals surface area contributed by atoms with E-state index < -0.39 is 0 Å². The normalized spacial score (nSPS) is 16.4. The van der Waals surface area contributed by atoms with E-state index in [1.165, 1.54) is 5.06 Å². The number of hydrogen-bond acceptors (Lipinski definition) is 2. The van der Waals surface area contributed by atoms with Crippen molar-refractivity contribution in [1.82, 2.24) is 5.06 Å². The number of carbonyl (C=O) groups excluding carboxylic acids is 1. The predicted molar refractivity (Wildman–Crippen MR) is 70.1 cm³/mol. The number of rotatable bonds is 2. The van der Waals surface area contributed by atoms with Crippen molar-refractivity contribution in [2.24, 2.45) is 0 Å². The lowest BCUT2D eigenvalue weighted by atomic mass is 10.2. The zero-order valence-corrected chi connectivity index (χ0v) is 11.0. The van der Waals surface area contributed by atoms with Crippen LogP contribution in [0.15, 0.2) is 34.8 Å². The van der Waals surface area contributed by atoms with Crippen molar-refractivity contribution in [2.75, 3.05) is 13.2 Å². The van der Waals surface area contributed by atoms with E-state index in [9.17, 15) is 4.79 Å². The fraction of sp³-hybridized carbons (Fsp3) is 0.308. The average Bonchev–Trinajstić information content (AvgIpc) is 2.37. The van der Waals surface area contributed by atoms with Gasteiger partial charge in [-0.15, -0.1) is 0 Å². The minimum absolute atomic E-state index is 0.0929. The van der Waals surface area contributed by atoms with Gasteiger partial charge in [-0.3, -0.25) is 9.63 Å². The maximum Gasteiger partial charge on any atom is 0.270 e. The van der Waals surface area contributed by atoms with Gasteiger partial charge in [-0.05, 0) is 36.6 Å². The summed E-state index contributed by atoms with van der Waals surface area (Å²) < 4.78 is 1.00. The van der Waals surface area contributed by atoms with E-state index in [0.717, 1.165) is 22.9 Å². The van der Waals surface area contributed by atoms with Gasteiger partial charge in [0, 0.05) is 17.1 Å². The average molecular weight is 296 g/mol. The summed E-state index contributed by atoms with van der Waals surface area (Å²) in [6.07, 6.45) is 5.38. The highest BCUT2D eigenvalue weighted by Gasteiger charge is 2.14. The molecule has 2 rings (SSSR count). The van der Waals surface area contributed by atoms with Gasteiger partial charge in [-0.2, -0.15) is 0 Å². The van der Waals surface area contributed by atoms with Crippen LogP contribution in [0.2, 0.25) is 0 Å².